The standard InChI is InChI=1S/C15H19Cl2NO/c16-13-4-1-11(7-14(13)17)8-15(5-6-19-10-15)9-18-12-2-3-12/h1,4,7,12,18H,2-3,5-6,8-10H2. The highest BCUT2D eigenvalue weighted by atomic mass is 35.5. The van der Waals surface area contributed by atoms with Crippen molar-refractivity contribution >= 4 is 23.2 Å². The van der Waals surface area contributed by atoms with Crippen LogP contribution in [-0.2, 0) is 11.2 Å². The third kappa shape index (κ3) is 3.43. The molecule has 19 heavy (non-hydrogen) atoms. The maximum atomic E-state index is 6.10. The highest BCUT2D eigenvalue weighted by Gasteiger charge is 2.36. The van der Waals surface area contributed by atoms with Crippen LogP contribution in [0.4, 0.5) is 0 Å². The normalized spacial score (nSPS) is 26.8. The van der Waals surface area contributed by atoms with Gasteiger partial charge in [-0.3, -0.25) is 0 Å². The predicted molar refractivity (Wildman–Crippen MR) is 79.1 cm³/mol. The van der Waals surface area contributed by atoms with Crippen molar-refractivity contribution in [2.45, 2.75) is 31.7 Å². The van der Waals surface area contributed by atoms with Crippen molar-refractivity contribution in [3.63, 3.8) is 0 Å². The van der Waals surface area contributed by atoms with Gasteiger partial charge in [0.05, 0.1) is 16.7 Å². The van der Waals surface area contributed by atoms with Crippen LogP contribution in [0.5, 0.6) is 0 Å². The molecular formula is C15H19Cl2NO. The molecular weight excluding hydrogens is 281 g/mol. The van der Waals surface area contributed by atoms with Gasteiger partial charge in [-0.05, 0) is 43.4 Å². The van der Waals surface area contributed by atoms with Crippen LogP contribution in [-0.4, -0.2) is 25.8 Å². The third-order valence-electron chi connectivity index (χ3n) is 4.09. The zero-order valence-electron chi connectivity index (χ0n) is 10.9. The molecule has 2 aliphatic rings. The van der Waals surface area contributed by atoms with Crippen LogP contribution in [0.15, 0.2) is 18.2 Å². The molecule has 1 heterocycles. The van der Waals surface area contributed by atoms with Crippen LogP contribution < -0.4 is 5.32 Å². The Morgan fingerprint density at radius 1 is 1.26 bits per heavy atom. The summed E-state index contributed by atoms with van der Waals surface area (Å²) in [7, 11) is 0. The van der Waals surface area contributed by atoms with Gasteiger partial charge in [0.15, 0.2) is 0 Å². The van der Waals surface area contributed by atoms with Crippen LogP contribution in [0.1, 0.15) is 24.8 Å². The molecule has 3 rings (SSSR count). The molecule has 0 aromatic heterocycles. The second-order valence-corrected chi connectivity index (χ2v) is 6.70. The molecule has 0 bridgehead atoms. The number of rotatable bonds is 5. The Balaban J connectivity index is 1.70. The summed E-state index contributed by atoms with van der Waals surface area (Å²) in [6, 6.07) is 6.69. The number of ether oxygens (including phenoxy) is 1. The van der Waals surface area contributed by atoms with E-state index in [1.807, 2.05) is 12.1 Å². The van der Waals surface area contributed by atoms with Gasteiger partial charge in [-0.1, -0.05) is 29.3 Å². The molecule has 0 radical (unpaired) electrons. The van der Waals surface area contributed by atoms with Gasteiger partial charge in [0, 0.05) is 24.6 Å². The first-order valence-electron chi connectivity index (χ1n) is 6.92. The van der Waals surface area contributed by atoms with Gasteiger partial charge in [0.25, 0.3) is 0 Å². The summed E-state index contributed by atoms with van der Waals surface area (Å²) < 4.78 is 5.64. The van der Waals surface area contributed by atoms with E-state index in [-0.39, 0.29) is 5.41 Å². The zero-order chi connectivity index (χ0) is 13.3. The second kappa shape index (κ2) is 5.61. The molecule has 1 N–H and O–H groups in total. The Labute approximate surface area is 124 Å². The van der Waals surface area contributed by atoms with Gasteiger partial charge < -0.3 is 10.1 Å². The largest absolute Gasteiger partial charge is 0.381 e. The van der Waals surface area contributed by atoms with Crippen LogP contribution in [0.25, 0.3) is 0 Å². The Kier molecular flexibility index (Phi) is 4.04. The maximum absolute atomic E-state index is 6.10. The van der Waals surface area contributed by atoms with Crippen molar-refractivity contribution in [1.82, 2.24) is 5.32 Å². The van der Waals surface area contributed by atoms with Crippen LogP contribution >= 0.6 is 23.2 Å². The van der Waals surface area contributed by atoms with Gasteiger partial charge in [-0.25, -0.2) is 0 Å². The van der Waals surface area contributed by atoms with E-state index in [1.54, 1.807) is 0 Å². The predicted octanol–water partition coefficient (Wildman–Crippen LogP) is 3.69. The van der Waals surface area contributed by atoms with Crippen LogP contribution in [0.3, 0.4) is 0 Å². The summed E-state index contributed by atoms with van der Waals surface area (Å²) in [6.45, 7) is 2.75. The molecule has 1 unspecified atom stereocenters. The van der Waals surface area contributed by atoms with Crippen molar-refractivity contribution in [1.29, 1.82) is 0 Å². The molecule has 2 fully saturated rings. The maximum Gasteiger partial charge on any atom is 0.0595 e. The highest BCUT2D eigenvalue weighted by Crippen LogP contribution is 2.35. The zero-order valence-corrected chi connectivity index (χ0v) is 12.4. The second-order valence-electron chi connectivity index (χ2n) is 5.88. The SMILES string of the molecule is Clc1ccc(CC2(CNC3CC3)CCOC2)cc1Cl. The van der Waals surface area contributed by atoms with Crippen LogP contribution in [0.2, 0.25) is 10.0 Å². The minimum atomic E-state index is 0.222. The number of hydrogen-bond donors (Lipinski definition) is 1. The fraction of sp³-hybridized carbons (Fsp3) is 0.600. The van der Waals surface area contributed by atoms with E-state index >= 15 is 0 Å². The lowest BCUT2D eigenvalue weighted by molar-refractivity contribution is 0.149. The van der Waals surface area contributed by atoms with Gasteiger partial charge in [-0.2, -0.15) is 0 Å². The molecule has 1 aromatic rings. The summed E-state index contributed by atoms with van der Waals surface area (Å²) in [6.07, 6.45) is 4.77. The number of hydrogen-bond acceptors (Lipinski definition) is 2. The van der Waals surface area contributed by atoms with Crippen molar-refractivity contribution in [3.8, 4) is 0 Å². The number of halogens is 2. The monoisotopic (exact) mass is 299 g/mol. The highest BCUT2D eigenvalue weighted by molar-refractivity contribution is 6.42. The first-order valence-corrected chi connectivity index (χ1v) is 7.68. The lowest BCUT2D eigenvalue weighted by Gasteiger charge is -2.28. The van der Waals surface area contributed by atoms with E-state index in [0.717, 1.165) is 38.6 Å². The van der Waals surface area contributed by atoms with E-state index < -0.39 is 0 Å². The Bertz CT molecular complexity index is 453. The average molecular weight is 300 g/mol. The topological polar surface area (TPSA) is 21.3 Å². The molecule has 1 aromatic carbocycles. The van der Waals surface area contributed by atoms with Crippen molar-refractivity contribution < 1.29 is 4.74 Å². The van der Waals surface area contributed by atoms with E-state index in [4.69, 9.17) is 27.9 Å². The summed E-state index contributed by atoms with van der Waals surface area (Å²) in [5.41, 5.74) is 1.47. The summed E-state index contributed by atoms with van der Waals surface area (Å²) >= 11 is 12.1. The van der Waals surface area contributed by atoms with E-state index in [1.165, 1.54) is 18.4 Å². The van der Waals surface area contributed by atoms with E-state index in [0.29, 0.717) is 10.0 Å². The Hall–Kier alpha value is -0.280. The molecule has 1 saturated carbocycles. The fourth-order valence-corrected chi connectivity index (χ4v) is 3.04. The Morgan fingerprint density at radius 2 is 2.11 bits per heavy atom. The summed E-state index contributed by atoms with van der Waals surface area (Å²) in [5, 5.41) is 4.91. The van der Waals surface area contributed by atoms with Crippen molar-refractivity contribution in [2.75, 3.05) is 19.8 Å². The average Bonchev–Trinajstić information content (AvgIpc) is 3.12. The molecule has 2 nitrogen and oxygen atoms in total. The quantitative estimate of drug-likeness (QED) is 0.895. The Morgan fingerprint density at radius 3 is 2.74 bits per heavy atom. The molecule has 1 aliphatic heterocycles. The molecule has 0 spiro atoms. The summed E-state index contributed by atoms with van der Waals surface area (Å²) in [4.78, 5) is 0. The van der Waals surface area contributed by atoms with Gasteiger partial charge in [0.1, 0.15) is 0 Å². The lowest BCUT2D eigenvalue weighted by atomic mass is 9.81. The molecule has 1 aliphatic carbocycles. The molecule has 0 amide bonds. The van der Waals surface area contributed by atoms with Gasteiger partial charge in [0.2, 0.25) is 0 Å². The minimum Gasteiger partial charge on any atom is -0.381 e. The molecule has 1 saturated heterocycles. The lowest BCUT2D eigenvalue weighted by Crippen LogP contribution is -2.37. The first kappa shape index (κ1) is 13.7. The van der Waals surface area contributed by atoms with Gasteiger partial charge in [-0.15, -0.1) is 0 Å². The molecule has 1 atom stereocenters. The number of benzene rings is 1. The minimum absolute atomic E-state index is 0.222. The molecule has 4 heteroatoms. The molecule has 104 valence electrons. The summed E-state index contributed by atoms with van der Waals surface area (Å²) in [5.74, 6) is 0. The van der Waals surface area contributed by atoms with Crippen LogP contribution in [0, 0.1) is 5.41 Å². The van der Waals surface area contributed by atoms with E-state index in [9.17, 15) is 0 Å². The van der Waals surface area contributed by atoms with E-state index in [2.05, 4.69) is 11.4 Å². The fourth-order valence-electron chi connectivity index (χ4n) is 2.72. The van der Waals surface area contributed by atoms with Crippen molar-refractivity contribution in [3.05, 3.63) is 33.8 Å². The first-order chi connectivity index (χ1) is 9.17. The van der Waals surface area contributed by atoms with Crippen molar-refractivity contribution in [2.24, 2.45) is 5.41 Å². The van der Waals surface area contributed by atoms with Gasteiger partial charge >= 0.3 is 0 Å². The number of nitrogens with one attached hydrogen (secondary N) is 1. The smallest absolute Gasteiger partial charge is 0.0595 e. The third-order valence-corrected chi connectivity index (χ3v) is 4.83.